The lowest BCUT2D eigenvalue weighted by Gasteiger charge is -2.08. The van der Waals surface area contributed by atoms with Gasteiger partial charge in [0, 0.05) is 5.39 Å². The molecule has 0 saturated heterocycles. The Labute approximate surface area is 112 Å². The van der Waals surface area contributed by atoms with E-state index >= 15 is 0 Å². The van der Waals surface area contributed by atoms with Crippen LogP contribution < -0.4 is 4.74 Å². The van der Waals surface area contributed by atoms with Crippen molar-refractivity contribution >= 4 is 20.9 Å². The van der Waals surface area contributed by atoms with E-state index in [0.29, 0.717) is 19.4 Å². The van der Waals surface area contributed by atoms with Crippen LogP contribution in [0.1, 0.15) is 12.8 Å². The van der Waals surface area contributed by atoms with Crippen LogP contribution in [0.5, 0.6) is 5.75 Å². The van der Waals surface area contributed by atoms with Crippen LogP contribution in [-0.4, -0.2) is 25.3 Å². The van der Waals surface area contributed by atoms with Crippen LogP contribution in [-0.2, 0) is 10.1 Å². The van der Waals surface area contributed by atoms with Gasteiger partial charge in [0.1, 0.15) is 5.75 Å². The lowest BCUT2D eigenvalue weighted by atomic mass is 10.1. The van der Waals surface area contributed by atoms with Gasteiger partial charge in [0.15, 0.2) is 0 Å². The fourth-order valence-electron chi connectivity index (χ4n) is 1.89. The van der Waals surface area contributed by atoms with E-state index in [-0.39, 0.29) is 5.75 Å². The molecule has 0 heterocycles. The summed E-state index contributed by atoms with van der Waals surface area (Å²) in [5, 5.41) is 2.15. The van der Waals surface area contributed by atoms with Gasteiger partial charge in [-0.3, -0.25) is 4.55 Å². The second-order valence-corrected chi connectivity index (χ2v) is 5.89. The Balaban J connectivity index is 1.92. The van der Waals surface area contributed by atoms with Gasteiger partial charge in [-0.1, -0.05) is 36.4 Å². The molecule has 0 bridgehead atoms. The van der Waals surface area contributed by atoms with Crippen molar-refractivity contribution in [1.29, 1.82) is 0 Å². The zero-order valence-electron chi connectivity index (χ0n) is 10.5. The predicted molar refractivity (Wildman–Crippen MR) is 75.1 cm³/mol. The lowest BCUT2D eigenvalue weighted by molar-refractivity contribution is 0.312. The summed E-state index contributed by atoms with van der Waals surface area (Å²) in [5.74, 6) is 0.580. The molecule has 2 rings (SSSR count). The summed E-state index contributed by atoms with van der Waals surface area (Å²) in [6.45, 7) is 0.434. The van der Waals surface area contributed by atoms with Gasteiger partial charge in [-0.15, -0.1) is 0 Å². The van der Waals surface area contributed by atoms with Gasteiger partial charge in [0.2, 0.25) is 0 Å². The van der Waals surface area contributed by atoms with E-state index in [1.807, 2.05) is 42.5 Å². The minimum Gasteiger partial charge on any atom is -0.493 e. The Morgan fingerprint density at radius 3 is 2.53 bits per heavy atom. The standard InChI is InChI=1S/C14H16O4S/c15-19(16,17)11-4-3-10-18-14-9-5-7-12-6-1-2-8-13(12)14/h1-2,5-9H,3-4,10-11H2,(H,15,16,17). The maximum atomic E-state index is 10.6. The molecule has 102 valence electrons. The molecule has 0 aliphatic carbocycles. The molecule has 2 aromatic carbocycles. The van der Waals surface area contributed by atoms with Crippen LogP contribution in [0, 0.1) is 0 Å². The molecule has 5 heteroatoms. The first-order valence-corrected chi connectivity index (χ1v) is 7.73. The monoisotopic (exact) mass is 280 g/mol. The van der Waals surface area contributed by atoms with Crippen LogP contribution in [0.3, 0.4) is 0 Å². The summed E-state index contributed by atoms with van der Waals surface area (Å²) in [4.78, 5) is 0. The van der Waals surface area contributed by atoms with Crippen molar-refractivity contribution in [3.05, 3.63) is 42.5 Å². The van der Waals surface area contributed by atoms with Crippen molar-refractivity contribution < 1.29 is 17.7 Å². The highest BCUT2D eigenvalue weighted by atomic mass is 32.2. The highest BCUT2D eigenvalue weighted by Crippen LogP contribution is 2.25. The third kappa shape index (κ3) is 4.22. The summed E-state index contributed by atoms with van der Waals surface area (Å²) in [7, 11) is -3.86. The van der Waals surface area contributed by atoms with Gasteiger partial charge >= 0.3 is 0 Å². The highest BCUT2D eigenvalue weighted by molar-refractivity contribution is 7.85. The Hall–Kier alpha value is -1.59. The van der Waals surface area contributed by atoms with E-state index < -0.39 is 10.1 Å². The van der Waals surface area contributed by atoms with Gasteiger partial charge in [-0.2, -0.15) is 8.42 Å². The van der Waals surface area contributed by atoms with E-state index in [1.54, 1.807) is 0 Å². The smallest absolute Gasteiger partial charge is 0.264 e. The summed E-state index contributed by atoms with van der Waals surface area (Å²) in [5.41, 5.74) is 0. The van der Waals surface area contributed by atoms with E-state index in [4.69, 9.17) is 9.29 Å². The second kappa shape index (κ2) is 6.04. The topological polar surface area (TPSA) is 63.6 Å². The first-order chi connectivity index (χ1) is 9.06. The molecule has 0 amide bonds. The highest BCUT2D eigenvalue weighted by Gasteiger charge is 2.04. The maximum absolute atomic E-state index is 10.6. The third-order valence-electron chi connectivity index (χ3n) is 2.80. The molecule has 2 aromatic rings. The van der Waals surface area contributed by atoms with Gasteiger partial charge in [0.05, 0.1) is 12.4 Å². The molecular formula is C14H16O4S. The molecule has 0 fully saturated rings. The number of hydrogen-bond donors (Lipinski definition) is 1. The normalized spacial score (nSPS) is 11.6. The largest absolute Gasteiger partial charge is 0.493 e. The molecule has 19 heavy (non-hydrogen) atoms. The van der Waals surface area contributed by atoms with Gasteiger partial charge in [-0.25, -0.2) is 0 Å². The number of rotatable bonds is 6. The fourth-order valence-corrected chi connectivity index (χ4v) is 2.46. The second-order valence-electron chi connectivity index (χ2n) is 4.32. The first kappa shape index (κ1) is 13.8. The van der Waals surface area contributed by atoms with Crippen molar-refractivity contribution in [3.8, 4) is 5.75 Å². The van der Waals surface area contributed by atoms with Crippen molar-refractivity contribution in [2.45, 2.75) is 12.8 Å². The van der Waals surface area contributed by atoms with Gasteiger partial charge < -0.3 is 4.74 Å². The molecule has 0 atom stereocenters. The summed E-state index contributed by atoms with van der Waals surface area (Å²) in [6, 6.07) is 13.8. The molecule has 0 radical (unpaired) electrons. The maximum Gasteiger partial charge on any atom is 0.264 e. The quantitative estimate of drug-likeness (QED) is 0.653. The van der Waals surface area contributed by atoms with Gasteiger partial charge in [0.25, 0.3) is 10.1 Å². The molecular weight excluding hydrogens is 264 g/mol. The van der Waals surface area contributed by atoms with Crippen LogP contribution in [0.25, 0.3) is 10.8 Å². The molecule has 0 saturated carbocycles. The Kier molecular flexibility index (Phi) is 4.39. The summed E-state index contributed by atoms with van der Waals surface area (Å²) in [6.07, 6.45) is 0.979. The van der Waals surface area contributed by atoms with Crippen molar-refractivity contribution in [1.82, 2.24) is 0 Å². The number of hydrogen-bond acceptors (Lipinski definition) is 3. The SMILES string of the molecule is O=S(=O)(O)CCCCOc1cccc2ccccc12. The molecule has 1 N–H and O–H groups in total. The van der Waals surface area contributed by atoms with Gasteiger partial charge in [-0.05, 0) is 24.3 Å². The molecule has 0 aromatic heterocycles. The Morgan fingerprint density at radius 1 is 1.00 bits per heavy atom. The Morgan fingerprint density at radius 2 is 1.74 bits per heavy atom. The molecule has 4 nitrogen and oxygen atoms in total. The fraction of sp³-hybridized carbons (Fsp3) is 0.286. The average Bonchev–Trinajstić information content (AvgIpc) is 2.37. The zero-order valence-corrected chi connectivity index (χ0v) is 11.3. The van der Waals surface area contributed by atoms with Crippen LogP contribution >= 0.6 is 0 Å². The summed E-state index contributed by atoms with van der Waals surface area (Å²) >= 11 is 0. The Bertz CT molecular complexity index is 644. The number of unbranched alkanes of at least 4 members (excludes halogenated alkanes) is 1. The van der Waals surface area contributed by atoms with E-state index in [1.165, 1.54) is 0 Å². The van der Waals surface area contributed by atoms with Crippen LogP contribution in [0.2, 0.25) is 0 Å². The number of ether oxygens (including phenoxy) is 1. The molecule has 0 spiro atoms. The molecule has 0 aliphatic rings. The zero-order chi connectivity index (χ0) is 13.7. The predicted octanol–water partition coefficient (Wildman–Crippen LogP) is 2.89. The first-order valence-electron chi connectivity index (χ1n) is 6.12. The van der Waals surface area contributed by atoms with E-state index in [0.717, 1.165) is 16.5 Å². The minimum atomic E-state index is -3.86. The average molecular weight is 280 g/mol. The van der Waals surface area contributed by atoms with Crippen molar-refractivity contribution in [2.24, 2.45) is 0 Å². The molecule has 0 aliphatic heterocycles. The minimum absolute atomic E-state index is 0.216. The number of fused-ring (bicyclic) bond motifs is 1. The number of benzene rings is 2. The molecule has 0 unspecified atom stereocenters. The summed E-state index contributed by atoms with van der Waals surface area (Å²) < 4.78 is 35.4. The van der Waals surface area contributed by atoms with Crippen LogP contribution in [0.15, 0.2) is 42.5 Å². The van der Waals surface area contributed by atoms with E-state index in [9.17, 15) is 8.42 Å². The van der Waals surface area contributed by atoms with Crippen LogP contribution in [0.4, 0.5) is 0 Å². The van der Waals surface area contributed by atoms with Crippen molar-refractivity contribution in [2.75, 3.05) is 12.4 Å². The lowest BCUT2D eigenvalue weighted by Crippen LogP contribution is -2.06. The van der Waals surface area contributed by atoms with E-state index in [2.05, 4.69) is 0 Å². The van der Waals surface area contributed by atoms with Crippen molar-refractivity contribution in [3.63, 3.8) is 0 Å². The third-order valence-corrected chi connectivity index (χ3v) is 3.61.